The SMILES string of the molecule is Cc1ccc(NC(=O)c2cc(-c3ccccc3)nc3c(C)cc(Br)cc23)c(C)c1. The van der Waals surface area contributed by atoms with Gasteiger partial charge in [-0.25, -0.2) is 4.98 Å². The maximum atomic E-state index is 13.3. The van der Waals surface area contributed by atoms with E-state index in [1.54, 1.807) is 0 Å². The Morgan fingerprint density at radius 3 is 2.38 bits per heavy atom. The molecule has 3 nitrogen and oxygen atoms in total. The van der Waals surface area contributed by atoms with Crippen LogP contribution in [-0.4, -0.2) is 10.9 Å². The number of hydrogen-bond acceptors (Lipinski definition) is 2. The first-order chi connectivity index (χ1) is 13.9. The van der Waals surface area contributed by atoms with Crippen LogP contribution in [0.5, 0.6) is 0 Å². The number of nitrogens with one attached hydrogen (secondary N) is 1. The highest BCUT2D eigenvalue weighted by molar-refractivity contribution is 9.10. The van der Waals surface area contributed by atoms with E-state index in [4.69, 9.17) is 4.98 Å². The Morgan fingerprint density at radius 1 is 0.897 bits per heavy atom. The maximum absolute atomic E-state index is 13.3. The number of carbonyl (C=O) groups excluding carboxylic acids is 1. The van der Waals surface area contributed by atoms with Crippen LogP contribution in [0.25, 0.3) is 22.2 Å². The van der Waals surface area contributed by atoms with Gasteiger partial charge in [0.2, 0.25) is 0 Å². The van der Waals surface area contributed by atoms with Gasteiger partial charge in [0.15, 0.2) is 0 Å². The number of aryl methyl sites for hydroxylation is 3. The standard InChI is InChI=1S/C25H21BrN2O/c1-15-9-10-22(16(2)11-15)28-25(29)21-14-23(18-7-5-4-6-8-18)27-24-17(3)12-19(26)13-20(21)24/h4-14H,1-3H3,(H,28,29). The summed E-state index contributed by atoms with van der Waals surface area (Å²) in [5.74, 6) is -0.140. The van der Waals surface area contributed by atoms with Crippen LogP contribution in [-0.2, 0) is 0 Å². The van der Waals surface area contributed by atoms with Crippen molar-refractivity contribution in [2.45, 2.75) is 20.8 Å². The Hall–Kier alpha value is -2.98. The van der Waals surface area contributed by atoms with Gasteiger partial charge in [-0.2, -0.15) is 0 Å². The Bertz CT molecular complexity index is 1230. The third kappa shape index (κ3) is 3.94. The highest BCUT2D eigenvalue weighted by Crippen LogP contribution is 2.30. The van der Waals surface area contributed by atoms with Crippen molar-refractivity contribution in [1.82, 2.24) is 4.98 Å². The number of carbonyl (C=O) groups is 1. The zero-order valence-corrected chi connectivity index (χ0v) is 18.2. The average Bonchev–Trinajstić information content (AvgIpc) is 2.70. The van der Waals surface area contributed by atoms with Crippen LogP contribution in [0, 0.1) is 20.8 Å². The molecule has 0 spiro atoms. The van der Waals surface area contributed by atoms with E-state index in [9.17, 15) is 4.79 Å². The van der Waals surface area contributed by atoms with Gasteiger partial charge < -0.3 is 5.32 Å². The number of rotatable bonds is 3. The monoisotopic (exact) mass is 444 g/mol. The van der Waals surface area contributed by atoms with Crippen LogP contribution < -0.4 is 5.32 Å². The topological polar surface area (TPSA) is 42.0 Å². The van der Waals surface area contributed by atoms with Crippen LogP contribution in [0.4, 0.5) is 5.69 Å². The highest BCUT2D eigenvalue weighted by atomic mass is 79.9. The van der Waals surface area contributed by atoms with Gasteiger partial charge in [0, 0.05) is 21.1 Å². The van der Waals surface area contributed by atoms with E-state index in [1.165, 1.54) is 5.56 Å². The second-order valence-corrected chi connectivity index (χ2v) is 8.23. The van der Waals surface area contributed by atoms with Crippen LogP contribution in [0.1, 0.15) is 27.0 Å². The van der Waals surface area contributed by atoms with Crippen molar-refractivity contribution in [3.05, 3.63) is 93.5 Å². The summed E-state index contributed by atoms with van der Waals surface area (Å²) in [6.07, 6.45) is 0. The van der Waals surface area contributed by atoms with Crippen LogP contribution in [0.2, 0.25) is 0 Å². The molecule has 0 unspecified atom stereocenters. The Morgan fingerprint density at radius 2 is 1.66 bits per heavy atom. The minimum absolute atomic E-state index is 0.140. The average molecular weight is 445 g/mol. The van der Waals surface area contributed by atoms with Gasteiger partial charge in [0.25, 0.3) is 5.91 Å². The Balaban J connectivity index is 1.88. The number of hydrogen-bond donors (Lipinski definition) is 1. The Kier molecular flexibility index (Phi) is 5.20. The Labute approximate surface area is 178 Å². The number of fused-ring (bicyclic) bond motifs is 1. The summed E-state index contributed by atoms with van der Waals surface area (Å²) < 4.78 is 0.928. The van der Waals surface area contributed by atoms with Crippen molar-refractivity contribution < 1.29 is 4.79 Å². The minimum atomic E-state index is -0.140. The molecule has 3 aromatic carbocycles. The third-order valence-electron chi connectivity index (χ3n) is 5.01. The first-order valence-corrected chi connectivity index (χ1v) is 10.3. The predicted octanol–water partition coefficient (Wildman–Crippen LogP) is 6.84. The first-order valence-electron chi connectivity index (χ1n) is 9.47. The molecule has 29 heavy (non-hydrogen) atoms. The molecule has 4 aromatic rings. The zero-order valence-electron chi connectivity index (χ0n) is 16.6. The van der Waals surface area contributed by atoms with Crippen LogP contribution >= 0.6 is 15.9 Å². The van der Waals surface area contributed by atoms with E-state index in [1.807, 2.05) is 81.4 Å². The molecule has 1 amide bonds. The lowest BCUT2D eigenvalue weighted by molar-refractivity contribution is 0.102. The maximum Gasteiger partial charge on any atom is 0.256 e. The molecule has 4 heteroatoms. The largest absolute Gasteiger partial charge is 0.322 e. The smallest absolute Gasteiger partial charge is 0.256 e. The van der Waals surface area contributed by atoms with Gasteiger partial charge in [0.05, 0.1) is 16.8 Å². The van der Waals surface area contributed by atoms with Crippen molar-refractivity contribution in [2.75, 3.05) is 5.32 Å². The van der Waals surface area contributed by atoms with Crippen molar-refractivity contribution in [2.24, 2.45) is 0 Å². The van der Waals surface area contributed by atoms with Crippen molar-refractivity contribution in [3.63, 3.8) is 0 Å². The quantitative estimate of drug-likeness (QED) is 0.375. The second-order valence-electron chi connectivity index (χ2n) is 7.31. The predicted molar refractivity (Wildman–Crippen MR) is 123 cm³/mol. The van der Waals surface area contributed by atoms with E-state index in [0.29, 0.717) is 5.56 Å². The van der Waals surface area contributed by atoms with Gasteiger partial charge in [0.1, 0.15) is 0 Å². The third-order valence-corrected chi connectivity index (χ3v) is 5.47. The first kappa shape index (κ1) is 19.3. The summed E-state index contributed by atoms with van der Waals surface area (Å²) in [4.78, 5) is 18.2. The molecule has 0 saturated heterocycles. The summed E-state index contributed by atoms with van der Waals surface area (Å²) in [6, 6.07) is 21.8. The van der Waals surface area contributed by atoms with Crippen LogP contribution in [0.15, 0.2) is 71.2 Å². The summed E-state index contributed by atoms with van der Waals surface area (Å²) >= 11 is 3.56. The summed E-state index contributed by atoms with van der Waals surface area (Å²) in [7, 11) is 0. The lowest BCUT2D eigenvalue weighted by atomic mass is 10.0. The molecular weight excluding hydrogens is 424 g/mol. The summed E-state index contributed by atoms with van der Waals surface area (Å²) in [5.41, 5.74) is 7.26. The normalized spacial score (nSPS) is 10.9. The number of halogens is 1. The molecule has 0 aliphatic heterocycles. The fourth-order valence-electron chi connectivity index (χ4n) is 3.54. The van der Waals surface area contributed by atoms with E-state index in [2.05, 4.69) is 27.3 Å². The van der Waals surface area contributed by atoms with Gasteiger partial charge in [-0.3, -0.25) is 4.79 Å². The summed E-state index contributed by atoms with van der Waals surface area (Å²) in [5, 5.41) is 3.91. The molecule has 144 valence electrons. The van der Waals surface area contributed by atoms with Gasteiger partial charge in [-0.15, -0.1) is 0 Å². The van der Waals surface area contributed by atoms with E-state index in [-0.39, 0.29) is 5.91 Å². The molecule has 4 rings (SSSR count). The lowest BCUT2D eigenvalue weighted by Gasteiger charge is -2.14. The zero-order chi connectivity index (χ0) is 20.5. The molecule has 0 aliphatic carbocycles. The molecule has 0 radical (unpaired) electrons. The molecule has 1 heterocycles. The number of amides is 1. The highest BCUT2D eigenvalue weighted by Gasteiger charge is 2.17. The lowest BCUT2D eigenvalue weighted by Crippen LogP contribution is -2.14. The molecule has 0 fully saturated rings. The number of pyridine rings is 1. The van der Waals surface area contributed by atoms with Crippen molar-refractivity contribution >= 4 is 38.4 Å². The molecule has 1 N–H and O–H groups in total. The van der Waals surface area contributed by atoms with E-state index < -0.39 is 0 Å². The molecule has 0 aliphatic rings. The fourth-order valence-corrected chi connectivity index (χ4v) is 4.12. The number of benzene rings is 3. The van der Waals surface area contributed by atoms with Gasteiger partial charge in [-0.1, -0.05) is 64.0 Å². The minimum Gasteiger partial charge on any atom is -0.322 e. The molecular formula is C25H21BrN2O. The second kappa shape index (κ2) is 7.80. The number of aromatic nitrogens is 1. The molecule has 0 saturated carbocycles. The van der Waals surface area contributed by atoms with Crippen molar-refractivity contribution in [3.8, 4) is 11.3 Å². The van der Waals surface area contributed by atoms with Crippen molar-refractivity contribution in [1.29, 1.82) is 0 Å². The summed E-state index contributed by atoms with van der Waals surface area (Å²) in [6.45, 7) is 6.06. The van der Waals surface area contributed by atoms with E-state index in [0.717, 1.165) is 43.4 Å². The molecule has 1 aromatic heterocycles. The van der Waals surface area contributed by atoms with Gasteiger partial charge >= 0.3 is 0 Å². The number of nitrogens with zero attached hydrogens (tertiary/aromatic N) is 1. The fraction of sp³-hybridized carbons (Fsp3) is 0.120. The molecule has 0 bridgehead atoms. The number of anilines is 1. The van der Waals surface area contributed by atoms with Crippen LogP contribution in [0.3, 0.4) is 0 Å². The van der Waals surface area contributed by atoms with Gasteiger partial charge in [-0.05, 0) is 56.2 Å². The van der Waals surface area contributed by atoms with E-state index >= 15 is 0 Å². The molecule has 0 atom stereocenters.